The third kappa shape index (κ3) is 9.12. The number of aliphatic hydroxyl groups excluding tert-OH is 3. The molecule has 12 nitrogen and oxygen atoms in total. The van der Waals surface area contributed by atoms with Crippen molar-refractivity contribution in [2.24, 2.45) is 11.6 Å². The van der Waals surface area contributed by atoms with E-state index in [9.17, 15) is 29.9 Å². The predicted octanol–water partition coefficient (Wildman–Crippen LogP) is 0.828. The molecule has 0 spiro atoms. The molecule has 228 valence electrons. The van der Waals surface area contributed by atoms with Crippen LogP contribution in [0.4, 0.5) is 10.2 Å². The average Bonchev–Trinajstić information content (AvgIpc) is 2.99. The largest absolute Gasteiger partial charge is 0.399 e. The van der Waals surface area contributed by atoms with Crippen molar-refractivity contribution >= 4 is 28.4 Å². The molecule has 13 heteroatoms. The summed E-state index contributed by atoms with van der Waals surface area (Å²) >= 11 is 0. The van der Waals surface area contributed by atoms with E-state index in [1.165, 1.54) is 37.2 Å². The monoisotopic (exact) mass is 586 g/mol. The van der Waals surface area contributed by atoms with Gasteiger partial charge >= 0.3 is 0 Å². The van der Waals surface area contributed by atoms with E-state index in [-0.39, 0.29) is 31.0 Å². The number of benzene rings is 2. The van der Waals surface area contributed by atoms with Gasteiger partial charge in [-0.1, -0.05) is 18.2 Å². The number of rotatable bonds is 8. The van der Waals surface area contributed by atoms with Crippen LogP contribution in [0.3, 0.4) is 0 Å². The van der Waals surface area contributed by atoms with Crippen molar-refractivity contribution in [3.63, 3.8) is 0 Å². The number of halogens is 1. The van der Waals surface area contributed by atoms with Crippen LogP contribution < -0.4 is 21.8 Å². The van der Waals surface area contributed by atoms with E-state index in [2.05, 4.69) is 33.4 Å². The Hall–Kier alpha value is -3.77. The molecule has 2 aliphatic heterocycles. The fourth-order valence-electron chi connectivity index (χ4n) is 4.83. The van der Waals surface area contributed by atoms with Crippen LogP contribution >= 0.6 is 0 Å². The van der Waals surface area contributed by atoms with Gasteiger partial charge in [0.1, 0.15) is 36.1 Å². The first-order chi connectivity index (χ1) is 20.2. The van der Waals surface area contributed by atoms with Gasteiger partial charge in [0.05, 0.1) is 26.8 Å². The standard InChI is InChI=1S/C28H36N6O5.CH3FO/c29-13-21(11-18-4-5-20-12-23(7-6-19(20)10-18)33-8-2-1-3-9-33)28(38)32-14-22(30)15-34(31)16-25-27(37)26(36)24(35)17-39-25;1-3-2/h4-7,10-12,15,24-27,35-37H,1-3,8-9,14,16-17,30-31H2,(H,32,38);1H3/b21-11+,22-15-;. The summed E-state index contributed by atoms with van der Waals surface area (Å²) in [5, 5.41) is 44.8. The normalized spacial score (nSPS) is 23.0. The lowest BCUT2D eigenvalue weighted by Crippen LogP contribution is -2.56. The molecule has 0 bridgehead atoms. The predicted molar refractivity (Wildman–Crippen MR) is 156 cm³/mol. The summed E-state index contributed by atoms with van der Waals surface area (Å²) in [4.78, 5) is 17.8. The highest BCUT2D eigenvalue weighted by molar-refractivity contribution is 6.02. The maximum atomic E-state index is 12.6. The second kappa shape index (κ2) is 16.0. The number of carbonyl (C=O) groups excluding carboxylic acids is 1. The molecule has 0 aromatic heterocycles. The van der Waals surface area contributed by atoms with Crippen LogP contribution in [-0.2, 0) is 14.5 Å². The number of anilines is 1. The first-order valence-electron chi connectivity index (χ1n) is 13.6. The third-order valence-electron chi connectivity index (χ3n) is 7.03. The maximum Gasteiger partial charge on any atom is 0.262 e. The second-order valence-electron chi connectivity index (χ2n) is 10.2. The van der Waals surface area contributed by atoms with Gasteiger partial charge in [0, 0.05) is 30.7 Å². The van der Waals surface area contributed by atoms with Gasteiger partial charge in [0.25, 0.3) is 5.91 Å². The van der Waals surface area contributed by atoms with Gasteiger partial charge in [-0.15, -0.1) is 0 Å². The average molecular weight is 587 g/mol. The van der Waals surface area contributed by atoms with E-state index < -0.39 is 30.3 Å². The highest BCUT2D eigenvalue weighted by atomic mass is 19.3. The van der Waals surface area contributed by atoms with Crippen LogP contribution in [0.5, 0.6) is 0 Å². The van der Waals surface area contributed by atoms with E-state index in [0.717, 1.165) is 41.5 Å². The number of nitriles is 1. The smallest absolute Gasteiger partial charge is 0.262 e. The molecule has 0 radical (unpaired) electrons. The maximum absolute atomic E-state index is 12.6. The molecular formula is C29H39FN6O6. The Morgan fingerprint density at radius 3 is 2.55 bits per heavy atom. The quantitative estimate of drug-likeness (QED) is 0.111. The molecule has 2 aliphatic rings. The lowest BCUT2D eigenvalue weighted by Gasteiger charge is -2.36. The zero-order valence-electron chi connectivity index (χ0n) is 23.5. The van der Waals surface area contributed by atoms with E-state index >= 15 is 0 Å². The van der Waals surface area contributed by atoms with Gasteiger partial charge in [0.2, 0.25) is 0 Å². The molecule has 1 amide bonds. The number of fused-ring (bicyclic) bond motifs is 1. The number of nitrogens with two attached hydrogens (primary N) is 2. The van der Waals surface area contributed by atoms with Crippen LogP contribution in [0, 0.1) is 11.3 Å². The lowest BCUT2D eigenvalue weighted by atomic mass is 10.00. The number of amides is 1. The van der Waals surface area contributed by atoms with Crippen LogP contribution in [0.25, 0.3) is 16.8 Å². The summed E-state index contributed by atoms with van der Waals surface area (Å²) < 4.78 is 15.1. The minimum absolute atomic E-state index is 0.00949. The molecule has 2 aromatic rings. The van der Waals surface area contributed by atoms with Crippen molar-refractivity contribution in [2.75, 3.05) is 44.8 Å². The van der Waals surface area contributed by atoms with Crippen molar-refractivity contribution in [1.29, 1.82) is 5.26 Å². The Morgan fingerprint density at radius 1 is 1.19 bits per heavy atom. The molecular weight excluding hydrogens is 547 g/mol. The molecule has 42 heavy (non-hydrogen) atoms. The molecule has 2 heterocycles. The number of piperidine rings is 1. The van der Waals surface area contributed by atoms with Crippen LogP contribution in [0.2, 0.25) is 0 Å². The summed E-state index contributed by atoms with van der Waals surface area (Å²) in [5.74, 6) is 5.32. The Labute approximate surface area is 244 Å². The van der Waals surface area contributed by atoms with Crippen molar-refractivity contribution in [1.82, 2.24) is 10.3 Å². The number of hydrogen-bond acceptors (Lipinski definition) is 11. The molecule has 8 N–H and O–H groups in total. The van der Waals surface area contributed by atoms with Gasteiger partial charge in [0.15, 0.2) is 0 Å². The zero-order chi connectivity index (χ0) is 30.6. The van der Waals surface area contributed by atoms with Gasteiger partial charge in [-0.2, -0.15) is 10.2 Å². The molecule has 0 aliphatic carbocycles. The highest BCUT2D eigenvalue weighted by Gasteiger charge is 2.37. The van der Waals surface area contributed by atoms with E-state index in [0.29, 0.717) is 0 Å². The number of nitrogens with one attached hydrogen (secondary N) is 1. The van der Waals surface area contributed by atoms with Crippen LogP contribution in [0.1, 0.15) is 24.8 Å². The highest BCUT2D eigenvalue weighted by Crippen LogP contribution is 2.26. The zero-order valence-corrected chi connectivity index (χ0v) is 23.5. The summed E-state index contributed by atoms with van der Waals surface area (Å²) in [6.07, 6.45) is 1.92. The Bertz CT molecular complexity index is 1300. The minimum atomic E-state index is -1.34. The van der Waals surface area contributed by atoms with Crippen LogP contribution in [0.15, 0.2) is 53.9 Å². The van der Waals surface area contributed by atoms with E-state index in [4.69, 9.17) is 16.3 Å². The molecule has 4 unspecified atom stereocenters. The Balaban J connectivity index is 0.00000155. The van der Waals surface area contributed by atoms with Gasteiger partial charge in [-0.25, -0.2) is 5.84 Å². The molecule has 4 rings (SSSR count). The van der Waals surface area contributed by atoms with Gasteiger partial charge < -0.3 is 41.0 Å². The number of hydrogen-bond donors (Lipinski definition) is 6. The molecule has 0 saturated carbocycles. The Kier molecular flexibility index (Phi) is 12.5. The topological polar surface area (TPSA) is 191 Å². The number of ether oxygens (including phenoxy) is 1. The lowest BCUT2D eigenvalue weighted by molar-refractivity contribution is -0.189. The fourth-order valence-corrected chi connectivity index (χ4v) is 4.83. The first kappa shape index (κ1) is 32.7. The van der Waals surface area contributed by atoms with Gasteiger partial charge in [-0.3, -0.25) is 4.79 Å². The van der Waals surface area contributed by atoms with Crippen molar-refractivity contribution in [2.45, 2.75) is 43.7 Å². The second-order valence-corrected chi connectivity index (χ2v) is 10.2. The SMILES string of the molecule is COF.N#C/C(=C\c1ccc2cc(N3CCCCC3)ccc2c1)C(=O)NC/C(N)=C/N(N)CC1OCC(O)C(O)C1O. The van der Waals surface area contributed by atoms with Crippen molar-refractivity contribution in [3.05, 3.63) is 59.4 Å². The fraction of sp³-hybridized carbons (Fsp3) is 0.448. The number of nitrogens with zero attached hydrogens (tertiary/aromatic N) is 3. The minimum Gasteiger partial charge on any atom is -0.399 e. The molecule has 2 fully saturated rings. The summed E-state index contributed by atoms with van der Waals surface area (Å²) in [6, 6.07) is 14.1. The molecule has 4 atom stereocenters. The van der Waals surface area contributed by atoms with Crippen LogP contribution in [-0.4, -0.2) is 90.5 Å². The Morgan fingerprint density at radius 2 is 1.86 bits per heavy atom. The van der Waals surface area contributed by atoms with E-state index in [1.54, 1.807) is 0 Å². The number of aliphatic hydroxyl groups is 3. The molecule has 2 aromatic carbocycles. The van der Waals surface area contributed by atoms with Crippen molar-refractivity contribution < 1.29 is 34.3 Å². The summed E-state index contributed by atoms with van der Waals surface area (Å²) in [5.41, 5.74) is 8.03. The number of hydrazine groups is 1. The summed E-state index contributed by atoms with van der Waals surface area (Å²) in [7, 11) is 0.958. The van der Waals surface area contributed by atoms with Crippen molar-refractivity contribution in [3.8, 4) is 6.07 Å². The van der Waals surface area contributed by atoms with Gasteiger partial charge in [-0.05, 0) is 64.4 Å². The van der Waals surface area contributed by atoms with E-state index in [1.807, 2.05) is 24.3 Å². The third-order valence-corrected chi connectivity index (χ3v) is 7.03. The first-order valence-corrected chi connectivity index (χ1v) is 13.6. The molecule has 2 saturated heterocycles. The number of carbonyl (C=O) groups is 1. The summed E-state index contributed by atoms with van der Waals surface area (Å²) in [6.45, 7) is 1.93.